The maximum absolute atomic E-state index is 13.1. The molecule has 0 aromatic rings. The van der Waals surface area contributed by atoms with Crippen LogP contribution in [0.25, 0.3) is 0 Å². The molecule has 0 aliphatic rings. The van der Waals surface area contributed by atoms with Gasteiger partial charge in [-0.3, -0.25) is 19.2 Å². The molecule has 13 heteroatoms. The summed E-state index contributed by atoms with van der Waals surface area (Å²) in [5, 5.41) is 25.5. The van der Waals surface area contributed by atoms with Crippen LogP contribution >= 0.6 is 0 Å². The molecule has 0 rings (SSSR count). The van der Waals surface area contributed by atoms with Crippen LogP contribution in [0.4, 0.5) is 0 Å². The summed E-state index contributed by atoms with van der Waals surface area (Å²) < 4.78 is 0. The van der Waals surface area contributed by atoms with Crippen molar-refractivity contribution >= 4 is 29.7 Å². The summed E-state index contributed by atoms with van der Waals surface area (Å²) in [6, 6.07) is -4.61. The summed E-state index contributed by atoms with van der Waals surface area (Å²) in [4.78, 5) is 60.7. The van der Waals surface area contributed by atoms with Gasteiger partial charge >= 0.3 is 11.9 Å². The number of nitrogens with one attached hydrogen (secondary N) is 3. The van der Waals surface area contributed by atoms with E-state index in [1.165, 1.54) is 0 Å². The minimum absolute atomic E-state index is 0.260. The van der Waals surface area contributed by atoms with Crippen molar-refractivity contribution in [2.75, 3.05) is 13.1 Å². The maximum atomic E-state index is 13.1. The van der Waals surface area contributed by atoms with E-state index in [-0.39, 0.29) is 6.42 Å². The van der Waals surface area contributed by atoms with Gasteiger partial charge in [0.15, 0.2) is 0 Å². The summed E-state index contributed by atoms with van der Waals surface area (Å²) in [5.41, 5.74) is 16.9. The molecule has 202 valence electrons. The lowest BCUT2D eigenvalue weighted by molar-refractivity contribution is -0.147. The molecule has 35 heavy (non-hydrogen) atoms. The fourth-order valence-corrected chi connectivity index (χ4v) is 3.27. The summed E-state index contributed by atoms with van der Waals surface area (Å²) in [7, 11) is 0. The molecule has 0 saturated carbocycles. The Labute approximate surface area is 205 Å². The second-order valence-electron chi connectivity index (χ2n) is 8.61. The topological polar surface area (TPSA) is 240 Å². The first-order valence-corrected chi connectivity index (χ1v) is 12.0. The van der Waals surface area contributed by atoms with Crippen molar-refractivity contribution in [2.45, 2.75) is 89.4 Å². The highest BCUT2D eigenvalue weighted by atomic mass is 16.4. The Morgan fingerprint density at radius 2 is 1.31 bits per heavy atom. The zero-order valence-electron chi connectivity index (χ0n) is 20.6. The number of carboxylic acids is 2. The highest BCUT2D eigenvalue weighted by Crippen LogP contribution is 2.11. The number of hydrogen-bond donors (Lipinski definition) is 8. The lowest BCUT2D eigenvalue weighted by atomic mass is 9.96. The van der Waals surface area contributed by atoms with Crippen molar-refractivity contribution in [1.29, 1.82) is 0 Å². The van der Waals surface area contributed by atoms with Crippen LogP contribution in [-0.4, -0.2) is 77.1 Å². The average Bonchev–Trinajstić information content (AvgIpc) is 2.80. The highest BCUT2D eigenvalue weighted by molar-refractivity contribution is 5.94. The van der Waals surface area contributed by atoms with Gasteiger partial charge in [-0.25, -0.2) is 4.79 Å². The van der Waals surface area contributed by atoms with Crippen molar-refractivity contribution in [1.82, 2.24) is 16.0 Å². The second-order valence-corrected chi connectivity index (χ2v) is 8.61. The molecule has 0 bridgehead atoms. The van der Waals surface area contributed by atoms with Gasteiger partial charge in [0.2, 0.25) is 17.7 Å². The fourth-order valence-electron chi connectivity index (χ4n) is 3.27. The third kappa shape index (κ3) is 13.0. The van der Waals surface area contributed by atoms with Crippen LogP contribution in [0.2, 0.25) is 0 Å². The third-order valence-corrected chi connectivity index (χ3v) is 5.67. The Balaban J connectivity index is 5.50. The van der Waals surface area contributed by atoms with Gasteiger partial charge in [0.25, 0.3) is 0 Å². The Kier molecular flexibility index (Phi) is 16.2. The molecular formula is C22H42N6O7. The van der Waals surface area contributed by atoms with Crippen LogP contribution in [0.15, 0.2) is 0 Å². The molecule has 0 aliphatic heterocycles. The number of amides is 3. The number of carbonyl (C=O) groups is 5. The van der Waals surface area contributed by atoms with Crippen LogP contribution < -0.4 is 33.2 Å². The maximum Gasteiger partial charge on any atom is 0.326 e. The van der Waals surface area contributed by atoms with Gasteiger partial charge in [-0.15, -0.1) is 0 Å². The normalized spacial score (nSPS) is 15.2. The molecule has 0 radical (unpaired) electrons. The van der Waals surface area contributed by atoms with Gasteiger partial charge in [0.1, 0.15) is 18.1 Å². The van der Waals surface area contributed by atoms with Crippen molar-refractivity contribution in [3.05, 3.63) is 0 Å². The monoisotopic (exact) mass is 502 g/mol. The van der Waals surface area contributed by atoms with Crippen molar-refractivity contribution in [3.63, 3.8) is 0 Å². The van der Waals surface area contributed by atoms with Crippen LogP contribution in [-0.2, 0) is 24.0 Å². The van der Waals surface area contributed by atoms with E-state index in [0.29, 0.717) is 51.6 Å². The third-order valence-electron chi connectivity index (χ3n) is 5.67. The first-order chi connectivity index (χ1) is 16.5. The standard InChI is InChI=1S/C22H42N6O7/c1-3-13(2)18(21(33)27-16(22(34)35)12-17(29)30)28-20(32)15(9-5-7-11-24)26-19(31)14(25)8-4-6-10-23/h13-16,18H,3-12,23-25H2,1-2H3,(H,26,31)(H,27,33)(H,28,32)(H,29,30)(H,34,35). The number of aliphatic carboxylic acids is 2. The van der Waals surface area contributed by atoms with Gasteiger partial charge < -0.3 is 43.4 Å². The summed E-state index contributed by atoms with van der Waals surface area (Å²) in [6.07, 6.45) is 2.84. The molecule has 0 fully saturated rings. The Hall–Kier alpha value is -2.77. The molecule has 0 aliphatic carbocycles. The average molecular weight is 503 g/mol. The Morgan fingerprint density at radius 3 is 1.80 bits per heavy atom. The van der Waals surface area contributed by atoms with Gasteiger partial charge in [-0.2, -0.15) is 0 Å². The highest BCUT2D eigenvalue weighted by Gasteiger charge is 2.33. The molecule has 13 nitrogen and oxygen atoms in total. The molecule has 11 N–H and O–H groups in total. The van der Waals surface area contributed by atoms with Crippen LogP contribution in [0.5, 0.6) is 0 Å². The molecule has 0 spiro atoms. The quantitative estimate of drug-likeness (QED) is 0.0963. The molecular weight excluding hydrogens is 460 g/mol. The molecule has 0 aromatic heterocycles. The Morgan fingerprint density at radius 1 is 0.771 bits per heavy atom. The summed E-state index contributed by atoms with van der Waals surface area (Å²) in [6.45, 7) is 4.35. The van der Waals surface area contributed by atoms with Crippen LogP contribution in [0.1, 0.15) is 65.2 Å². The van der Waals surface area contributed by atoms with Gasteiger partial charge in [0, 0.05) is 0 Å². The lowest BCUT2D eigenvalue weighted by Gasteiger charge is -2.28. The Bertz CT molecular complexity index is 706. The number of carbonyl (C=O) groups excluding carboxylic acids is 3. The molecule has 0 saturated heterocycles. The minimum atomic E-state index is -1.66. The molecule has 3 amide bonds. The second kappa shape index (κ2) is 17.6. The first kappa shape index (κ1) is 32.2. The summed E-state index contributed by atoms with van der Waals surface area (Å²) >= 11 is 0. The largest absolute Gasteiger partial charge is 0.481 e. The number of hydrogen-bond acceptors (Lipinski definition) is 8. The van der Waals surface area contributed by atoms with E-state index in [1.54, 1.807) is 13.8 Å². The van der Waals surface area contributed by atoms with Gasteiger partial charge in [0.05, 0.1) is 12.5 Å². The predicted molar refractivity (Wildman–Crippen MR) is 129 cm³/mol. The van der Waals surface area contributed by atoms with E-state index in [0.717, 1.165) is 0 Å². The van der Waals surface area contributed by atoms with E-state index < -0.39 is 66.2 Å². The van der Waals surface area contributed by atoms with Crippen molar-refractivity contribution in [2.24, 2.45) is 23.1 Å². The van der Waals surface area contributed by atoms with Gasteiger partial charge in [-0.05, 0) is 51.1 Å². The molecule has 0 heterocycles. The summed E-state index contributed by atoms with van der Waals surface area (Å²) in [5.74, 6) is -5.27. The van der Waals surface area contributed by atoms with Crippen molar-refractivity contribution < 1.29 is 34.2 Å². The van der Waals surface area contributed by atoms with Crippen molar-refractivity contribution in [3.8, 4) is 0 Å². The molecule has 5 unspecified atom stereocenters. The zero-order valence-corrected chi connectivity index (χ0v) is 20.6. The molecule has 5 atom stereocenters. The first-order valence-electron chi connectivity index (χ1n) is 12.0. The van der Waals surface area contributed by atoms with E-state index in [1.807, 2.05) is 0 Å². The number of carboxylic acid groups (broad SMARTS) is 2. The number of nitrogens with two attached hydrogens (primary N) is 3. The van der Waals surface area contributed by atoms with Crippen LogP contribution in [0.3, 0.4) is 0 Å². The number of rotatable bonds is 19. The lowest BCUT2D eigenvalue weighted by Crippen LogP contribution is -2.58. The molecule has 0 aromatic carbocycles. The fraction of sp³-hybridized carbons (Fsp3) is 0.773. The van der Waals surface area contributed by atoms with Crippen LogP contribution in [0, 0.1) is 5.92 Å². The van der Waals surface area contributed by atoms with E-state index in [2.05, 4.69) is 16.0 Å². The van der Waals surface area contributed by atoms with E-state index in [4.69, 9.17) is 22.3 Å². The van der Waals surface area contributed by atoms with Gasteiger partial charge in [-0.1, -0.05) is 26.7 Å². The predicted octanol–water partition coefficient (Wildman–Crippen LogP) is -1.37. The van der Waals surface area contributed by atoms with E-state index >= 15 is 0 Å². The van der Waals surface area contributed by atoms with E-state index in [9.17, 15) is 29.1 Å². The SMILES string of the molecule is CCC(C)C(NC(=O)C(CCCCN)NC(=O)C(N)CCCCN)C(=O)NC(CC(=O)O)C(=O)O. The smallest absolute Gasteiger partial charge is 0.326 e. The minimum Gasteiger partial charge on any atom is -0.481 e. The zero-order chi connectivity index (χ0) is 27.0. The number of unbranched alkanes of at least 4 members (excludes halogenated alkanes) is 2.